The molecule has 0 saturated carbocycles. The van der Waals surface area contributed by atoms with Gasteiger partial charge in [-0.15, -0.1) is 0 Å². The molecule has 21 heavy (non-hydrogen) atoms. The minimum atomic E-state index is -1.79. The Balaban J connectivity index is 2.23. The maximum Gasteiger partial charge on any atom is 0.186 e. The quantitative estimate of drug-likeness (QED) is 0.581. The average molecular weight is 298 g/mol. The molecule has 0 bridgehead atoms. The Hall–Kier alpha value is -1.02. The zero-order chi connectivity index (χ0) is 15.5. The number of benzene rings is 1. The van der Waals surface area contributed by atoms with E-state index in [-0.39, 0.29) is 13.0 Å². The monoisotopic (exact) mass is 298 g/mol. The maximum atomic E-state index is 10.8. The number of aliphatic hydroxyl groups is 4. The summed E-state index contributed by atoms with van der Waals surface area (Å²) in [7, 11) is 0. The van der Waals surface area contributed by atoms with Gasteiger partial charge in [0, 0.05) is 13.0 Å². The fourth-order valence-corrected chi connectivity index (χ4v) is 2.64. The van der Waals surface area contributed by atoms with Gasteiger partial charge in [-0.25, -0.2) is 0 Å². The molecule has 0 aromatic heterocycles. The topological polar surface area (TPSA) is 99.4 Å². The molecule has 1 aliphatic rings. The van der Waals surface area contributed by atoms with Crippen LogP contribution in [-0.2, 0) is 15.9 Å². The fourth-order valence-electron chi connectivity index (χ4n) is 2.64. The Morgan fingerprint density at radius 2 is 1.90 bits per heavy atom. The van der Waals surface area contributed by atoms with Crippen LogP contribution in [-0.4, -0.2) is 63.8 Å². The fraction of sp³-hybridized carbons (Fsp3) is 0.600. The van der Waals surface area contributed by atoms with Crippen LogP contribution in [0, 0.1) is 0 Å². The molecule has 1 fully saturated rings. The molecule has 0 amide bonds. The Labute approximate surface area is 123 Å². The van der Waals surface area contributed by atoms with Crippen molar-refractivity contribution in [2.24, 2.45) is 0 Å². The van der Waals surface area contributed by atoms with E-state index in [0.29, 0.717) is 0 Å². The lowest BCUT2D eigenvalue weighted by Crippen LogP contribution is -2.68. The molecule has 1 aliphatic heterocycles. The van der Waals surface area contributed by atoms with Crippen LogP contribution in [0.5, 0.6) is 0 Å². The predicted molar refractivity (Wildman–Crippen MR) is 74.5 cm³/mol. The van der Waals surface area contributed by atoms with Gasteiger partial charge in [-0.1, -0.05) is 30.3 Å². The lowest BCUT2D eigenvalue weighted by atomic mass is 9.79. The van der Waals surface area contributed by atoms with Crippen molar-refractivity contribution in [2.45, 2.75) is 43.5 Å². The second-order valence-corrected chi connectivity index (χ2v) is 5.22. The van der Waals surface area contributed by atoms with Crippen LogP contribution in [0.3, 0.4) is 0 Å². The van der Waals surface area contributed by atoms with Crippen LogP contribution in [0.15, 0.2) is 30.3 Å². The second-order valence-electron chi connectivity index (χ2n) is 5.22. The zero-order valence-electron chi connectivity index (χ0n) is 11.9. The second kappa shape index (κ2) is 6.83. The first kappa shape index (κ1) is 16.4. The maximum absolute atomic E-state index is 10.8. The van der Waals surface area contributed by atoms with Gasteiger partial charge in [0.15, 0.2) is 6.29 Å². The third-order valence-corrected chi connectivity index (χ3v) is 3.80. The van der Waals surface area contributed by atoms with E-state index in [1.807, 2.05) is 18.2 Å². The highest BCUT2D eigenvalue weighted by Gasteiger charge is 2.54. The normalized spacial score (nSPS) is 36.6. The molecule has 0 radical (unpaired) electrons. The van der Waals surface area contributed by atoms with Crippen LogP contribution >= 0.6 is 0 Å². The molecule has 1 heterocycles. The van der Waals surface area contributed by atoms with Crippen LogP contribution in [0.2, 0.25) is 0 Å². The van der Waals surface area contributed by atoms with Crippen molar-refractivity contribution in [3.05, 3.63) is 35.9 Å². The van der Waals surface area contributed by atoms with Crippen molar-refractivity contribution in [3.63, 3.8) is 0 Å². The van der Waals surface area contributed by atoms with E-state index in [1.54, 1.807) is 19.1 Å². The van der Waals surface area contributed by atoms with E-state index < -0.39 is 36.8 Å². The summed E-state index contributed by atoms with van der Waals surface area (Å²) < 4.78 is 10.6. The number of rotatable bonds is 5. The van der Waals surface area contributed by atoms with E-state index in [9.17, 15) is 20.4 Å². The summed E-state index contributed by atoms with van der Waals surface area (Å²) in [5.74, 6) is 0. The van der Waals surface area contributed by atoms with Crippen LogP contribution in [0.4, 0.5) is 0 Å². The summed E-state index contributed by atoms with van der Waals surface area (Å²) in [6, 6.07) is 9.04. The number of aliphatic hydroxyl groups excluding tert-OH is 3. The Bertz CT molecular complexity index is 435. The average Bonchev–Trinajstić information content (AvgIpc) is 2.49. The summed E-state index contributed by atoms with van der Waals surface area (Å²) in [6.45, 7) is 1.52. The lowest BCUT2D eigenvalue weighted by Gasteiger charge is -2.47. The summed E-state index contributed by atoms with van der Waals surface area (Å²) in [5, 5.41) is 40.6. The molecule has 4 N–H and O–H groups in total. The predicted octanol–water partition coefficient (Wildman–Crippen LogP) is -0.564. The van der Waals surface area contributed by atoms with Crippen LogP contribution < -0.4 is 0 Å². The number of hydrogen-bond donors (Lipinski definition) is 4. The molecule has 118 valence electrons. The lowest BCUT2D eigenvalue weighted by molar-refractivity contribution is -0.330. The molecular weight excluding hydrogens is 276 g/mol. The van der Waals surface area contributed by atoms with Gasteiger partial charge >= 0.3 is 0 Å². The molecule has 0 aliphatic carbocycles. The van der Waals surface area contributed by atoms with Crippen molar-refractivity contribution < 1.29 is 29.9 Å². The molecule has 1 aromatic rings. The minimum Gasteiger partial charge on any atom is -0.394 e. The molecule has 0 spiro atoms. The van der Waals surface area contributed by atoms with E-state index in [4.69, 9.17) is 9.47 Å². The summed E-state index contributed by atoms with van der Waals surface area (Å²) in [4.78, 5) is 0. The van der Waals surface area contributed by atoms with Gasteiger partial charge in [0.2, 0.25) is 0 Å². The van der Waals surface area contributed by atoms with Gasteiger partial charge in [-0.2, -0.15) is 0 Å². The van der Waals surface area contributed by atoms with E-state index in [1.165, 1.54) is 0 Å². The van der Waals surface area contributed by atoms with Gasteiger partial charge in [-0.3, -0.25) is 0 Å². The van der Waals surface area contributed by atoms with Gasteiger partial charge < -0.3 is 29.9 Å². The molecule has 6 heteroatoms. The molecule has 5 atom stereocenters. The van der Waals surface area contributed by atoms with Gasteiger partial charge in [0.1, 0.15) is 23.9 Å². The Kier molecular flexibility index (Phi) is 5.32. The van der Waals surface area contributed by atoms with Crippen molar-refractivity contribution >= 4 is 0 Å². The van der Waals surface area contributed by atoms with Crippen molar-refractivity contribution in [3.8, 4) is 0 Å². The molecule has 0 unspecified atom stereocenters. The van der Waals surface area contributed by atoms with Crippen molar-refractivity contribution in [1.29, 1.82) is 0 Å². The minimum absolute atomic E-state index is 0.0517. The summed E-state index contributed by atoms with van der Waals surface area (Å²) in [6.07, 6.45) is -4.94. The van der Waals surface area contributed by atoms with Crippen LogP contribution in [0.1, 0.15) is 12.5 Å². The molecule has 2 rings (SSSR count). The smallest absolute Gasteiger partial charge is 0.186 e. The van der Waals surface area contributed by atoms with E-state index in [0.717, 1.165) is 5.56 Å². The van der Waals surface area contributed by atoms with Crippen molar-refractivity contribution in [1.82, 2.24) is 0 Å². The first-order valence-corrected chi connectivity index (χ1v) is 7.03. The van der Waals surface area contributed by atoms with Crippen molar-refractivity contribution in [2.75, 3.05) is 13.2 Å². The molecular formula is C15H22O6. The molecule has 1 aromatic carbocycles. The highest BCUT2D eigenvalue weighted by Crippen LogP contribution is 2.33. The van der Waals surface area contributed by atoms with Gasteiger partial charge in [0.05, 0.1) is 6.61 Å². The first-order chi connectivity index (χ1) is 10.0. The SMILES string of the molecule is CCO[C@H]1O[C@H](CO)[C@](O)(Cc2ccccc2)[C@@H](O)[C@H]1O. The highest BCUT2D eigenvalue weighted by molar-refractivity contribution is 5.20. The highest BCUT2D eigenvalue weighted by atomic mass is 16.7. The van der Waals surface area contributed by atoms with Gasteiger partial charge in [-0.05, 0) is 12.5 Å². The zero-order valence-corrected chi connectivity index (χ0v) is 11.9. The van der Waals surface area contributed by atoms with Crippen LogP contribution in [0.25, 0.3) is 0 Å². The first-order valence-electron chi connectivity index (χ1n) is 7.03. The Morgan fingerprint density at radius 3 is 2.48 bits per heavy atom. The number of hydrogen-bond acceptors (Lipinski definition) is 6. The van der Waals surface area contributed by atoms with E-state index in [2.05, 4.69) is 0 Å². The van der Waals surface area contributed by atoms with Gasteiger partial charge in [0.25, 0.3) is 0 Å². The van der Waals surface area contributed by atoms with E-state index >= 15 is 0 Å². The third kappa shape index (κ3) is 3.26. The summed E-state index contributed by atoms with van der Waals surface area (Å²) >= 11 is 0. The number of ether oxygens (including phenoxy) is 2. The third-order valence-electron chi connectivity index (χ3n) is 3.80. The summed E-state index contributed by atoms with van der Waals surface area (Å²) in [5.41, 5.74) is -1.02. The molecule has 1 saturated heterocycles. The largest absolute Gasteiger partial charge is 0.394 e. The standard InChI is InChI=1S/C15H22O6/c1-2-20-14-12(17)13(18)15(19,11(9-16)21-14)8-10-6-4-3-5-7-10/h3-7,11-14,16-19H,2,8-9H2,1H3/t11-,12-,13+,14+,15-/m1/s1. The Morgan fingerprint density at radius 1 is 1.24 bits per heavy atom. The molecule has 6 nitrogen and oxygen atoms in total.